The van der Waals surface area contributed by atoms with Crippen LogP contribution in [0.25, 0.3) is 0 Å². The second-order valence-corrected chi connectivity index (χ2v) is 4.23. The zero-order valence-corrected chi connectivity index (χ0v) is 8.08. The Bertz CT molecular complexity index is 143. The summed E-state index contributed by atoms with van der Waals surface area (Å²) in [5.74, 6) is 1.94. The van der Waals surface area contributed by atoms with Gasteiger partial charge in [-0.25, -0.2) is 0 Å². The number of hydrogen-bond acceptors (Lipinski definition) is 3. The van der Waals surface area contributed by atoms with Crippen molar-refractivity contribution in [2.75, 3.05) is 18.8 Å². The molecule has 1 heterocycles. The molecule has 0 spiro atoms. The quantitative estimate of drug-likeness (QED) is 0.701. The summed E-state index contributed by atoms with van der Waals surface area (Å²) in [6, 6.07) is 0. The first kappa shape index (κ1) is 8.91. The molecule has 64 valence electrons. The summed E-state index contributed by atoms with van der Waals surface area (Å²) < 4.78 is 0. The lowest BCUT2D eigenvalue weighted by Crippen LogP contribution is -2.21. The Morgan fingerprint density at radius 3 is 3.00 bits per heavy atom. The predicted octanol–water partition coefficient (Wildman–Crippen LogP) is 1.72. The standard InChI is InChI=1S/C8H16N2S/c1-7(2)3-4-9-8-10-5-6-11-8/h7H,3-6H2,1-2H3,(H,9,10). The van der Waals surface area contributed by atoms with E-state index in [4.69, 9.17) is 0 Å². The lowest BCUT2D eigenvalue weighted by Gasteiger charge is -2.06. The zero-order chi connectivity index (χ0) is 8.10. The second kappa shape index (κ2) is 4.65. The van der Waals surface area contributed by atoms with Gasteiger partial charge in [-0.2, -0.15) is 0 Å². The Kier molecular flexibility index (Phi) is 3.77. The summed E-state index contributed by atoms with van der Waals surface area (Å²) in [6.07, 6.45) is 1.24. The van der Waals surface area contributed by atoms with Crippen molar-refractivity contribution >= 4 is 16.9 Å². The fourth-order valence-corrected chi connectivity index (χ4v) is 1.67. The van der Waals surface area contributed by atoms with E-state index in [-0.39, 0.29) is 0 Å². The van der Waals surface area contributed by atoms with Gasteiger partial charge in [-0.15, -0.1) is 0 Å². The van der Waals surface area contributed by atoms with Crippen molar-refractivity contribution < 1.29 is 0 Å². The number of rotatable bonds is 3. The highest BCUT2D eigenvalue weighted by Gasteiger charge is 2.05. The van der Waals surface area contributed by atoms with E-state index in [1.807, 2.05) is 11.8 Å². The highest BCUT2D eigenvalue weighted by atomic mass is 32.2. The molecule has 0 saturated heterocycles. The first-order valence-corrected chi connectivity index (χ1v) is 5.18. The highest BCUT2D eigenvalue weighted by molar-refractivity contribution is 8.14. The number of amidine groups is 1. The Labute approximate surface area is 72.9 Å². The average molecular weight is 172 g/mol. The minimum absolute atomic E-state index is 0.787. The molecule has 0 aromatic carbocycles. The third-order valence-corrected chi connectivity index (χ3v) is 2.52. The third kappa shape index (κ3) is 3.65. The average Bonchev–Trinajstić information content (AvgIpc) is 2.39. The second-order valence-electron chi connectivity index (χ2n) is 3.14. The predicted molar refractivity (Wildman–Crippen MR) is 52.2 cm³/mol. The van der Waals surface area contributed by atoms with Gasteiger partial charge < -0.3 is 5.32 Å². The number of aliphatic imine (C=N–C) groups is 1. The van der Waals surface area contributed by atoms with Gasteiger partial charge in [0, 0.05) is 12.3 Å². The van der Waals surface area contributed by atoms with Crippen molar-refractivity contribution in [2.45, 2.75) is 20.3 Å². The van der Waals surface area contributed by atoms with Gasteiger partial charge in [-0.1, -0.05) is 25.6 Å². The molecule has 1 rings (SSSR count). The first-order valence-electron chi connectivity index (χ1n) is 4.20. The van der Waals surface area contributed by atoms with E-state index in [9.17, 15) is 0 Å². The normalized spacial score (nSPS) is 17.2. The maximum atomic E-state index is 4.30. The van der Waals surface area contributed by atoms with Crippen LogP contribution in [-0.4, -0.2) is 24.0 Å². The van der Waals surface area contributed by atoms with Crippen molar-refractivity contribution in [3.8, 4) is 0 Å². The SMILES string of the molecule is CC(C)CCNC1=NCCS1. The lowest BCUT2D eigenvalue weighted by atomic mass is 10.1. The lowest BCUT2D eigenvalue weighted by molar-refractivity contribution is 0.579. The van der Waals surface area contributed by atoms with Crippen molar-refractivity contribution in [2.24, 2.45) is 10.9 Å². The van der Waals surface area contributed by atoms with Crippen molar-refractivity contribution in [1.29, 1.82) is 0 Å². The van der Waals surface area contributed by atoms with Gasteiger partial charge in [-0.05, 0) is 12.3 Å². The van der Waals surface area contributed by atoms with Crippen molar-refractivity contribution in [1.82, 2.24) is 5.32 Å². The van der Waals surface area contributed by atoms with E-state index in [0.717, 1.165) is 29.9 Å². The van der Waals surface area contributed by atoms with Gasteiger partial charge in [0.2, 0.25) is 0 Å². The van der Waals surface area contributed by atoms with Gasteiger partial charge in [0.25, 0.3) is 0 Å². The fraction of sp³-hybridized carbons (Fsp3) is 0.875. The molecule has 0 radical (unpaired) electrons. The Morgan fingerprint density at radius 2 is 2.45 bits per heavy atom. The van der Waals surface area contributed by atoms with Crippen LogP contribution in [0.3, 0.4) is 0 Å². The topological polar surface area (TPSA) is 24.4 Å². The minimum Gasteiger partial charge on any atom is -0.365 e. The van der Waals surface area contributed by atoms with Gasteiger partial charge in [0.15, 0.2) is 5.17 Å². The van der Waals surface area contributed by atoms with E-state index >= 15 is 0 Å². The van der Waals surface area contributed by atoms with E-state index in [1.165, 1.54) is 6.42 Å². The van der Waals surface area contributed by atoms with Crippen LogP contribution >= 0.6 is 11.8 Å². The number of hydrogen-bond donors (Lipinski definition) is 1. The maximum absolute atomic E-state index is 4.30. The molecule has 0 saturated carbocycles. The van der Waals surface area contributed by atoms with Crippen LogP contribution in [0.15, 0.2) is 4.99 Å². The van der Waals surface area contributed by atoms with Crippen LogP contribution in [0, 0.1) is 5.92 Å². The molecule has 0 unspecified atom stereocenters. The molecule has 1 N–H and O–H groups in total. The van der Waals surface area contributed by atoms with Crippen LogP contribution in [0.2, 0.25) is 0 Å². The summed E-state index contributed by atoms with van der Waals surface area (Å²) >= 11 is 1.83. The molecule has 0 atom stereocenters. The van der Waals surface area contributed by atoms with E-state index < -0.39 is 0 Å². The van der Waals surface area contributed by atoms with Gasteiger partial charge >= 0.3 is 0 Å². The first-order chi connectivity index (χ1) is 5.29. The van der Waals surface area contributed by atoms with Gasteiger partial charge in [0.05, 0.1) is 6.54 Å². The Hall–Kier alpha value is -0.180. The Morgan fingerprint density at radius 1 is 1.64 bits per heavy atom. The number of nitrogens with zero attached hydrogens (tertiary/aromatic N) is 1. The largest absolute Gasteiger partial charge is 0.365 e. The number of thioether (sulfide) groups is 1. The molecule has 0 aliphatic carbocycles. The van der Waals surface area contributed by atoms with Crippen LogP contribution in [0.4, 0.5) is 0 Å². The molecule has 11 heavy (non-hydrogen) atoms. The van der Waals surface area contributed by atoms with Gasteiger partial charge in [-0.3, -0.25) is 4.99 Å². The van der Waals surface area contributed by atoms with E-state index in [1.54, 1.807) is 0 Å². The molecular formula is C8H16N2S. The molecule has 1 aliphatic heterocycles. The van der Waals surface area contributed by atoms with Crippen LogP contribution < -0.4 is 5.32 Å². The molecule has 2 nitrogen and oxygen atoms in total. The third-order valence-electron chi connectivity index (χ3n) is 1.58. The number of nitrogens with one attached hydrogen (secondary N) is 1. The van der Waals surface area contributed by atoms with Gasteiger partial charge in [0.1, 0.15) is 0 Å². The Balaban J connectivity index is 2.03. The molecule has 3 heteroatoms. The summed E-state index contributed by atoms with van der Waals surface area (Å²) in [5.41, 5.74) is 0. The molecule has 0 fully saturated rings. The summed E-state index contributed by atoms with van der Waals surface area (Å²) in [5, 5.41) is 4.47. The molecule has 1 aliphatic rings. The maximum Gasteiger partial charge on any atom is 0.156 e. The molecule has 0 bridgehead atoms. The molecule has 0 amide bonds. The monoisotopic (exact) mass is 172 g/mol. The fourth-order valence-electron chi connectivity index (χ4n) is 0.910. The van der Waals surface area contributed by atoms with E-state index in [0.29, 0.717) is 0 Å². The van der Waals surface area contributed by atoms with Crippen LogP contribution in [0.1, 0.15) is 20.3 Å². The molecular weight excluding hydrogens is 156 g/mol. The minimum atomic E-state index is 0.787. The van der Waals surface area contributed by atoms with Crippen LogP contribution in [-0.2, 0) is 0 Å². The van der Waals surface area contributed by atoms with Crippen LogP contribution in [0.5, 0.6) is 0 Å². The van der Waals surface area contributed by atoms with Crippen molar-refractivity contribution in [3.63, 3.8) is 0 Å². The van der Waals surface area contributed by atoms with Crippen molar-refractivity contribution in [3.05, 3.63) is 0 Å². The summed E-state index contributed by atoms with van der Waals surface area (Å²) in [4.78, 5) is 4.30. The smallest absolute Gasteiger partial charge is 0.156 e. The molecule has 0 aromatic rings. The zero-order valence-electron chi connectivity index (χ0n) is 7.26. The van der Waals surface area contributed by atoms with E-state index in [2.05, 4.69) is 24.2 Å². The molecule has 0 aromatic heterocycles. The summed E-state index contributed by atoms with van der Waals surface area (Å²) in [6.45, 7) is 6.55. The summed E-state index contributed by atoms with van der Waals surface area (Å²) in [7, 11) is 0. The highest BCUT2D eigenvalue weighted by Crippen LogP contribution is 2.09.